The fourth-order valence-electron chi connectivity index (χ4n) is 2.62. The van der Waals surface area contributed by atoms with E-state index in [0.717, 1.165) is 11.6 Å². The Morgan fingerprint density at radius 3 is 2.29 bits per heavy atom. The van der Waals surface area contributed by atoms with Crippen LogP contribution in [0.25, 0.3) is 0 Å². The van der Waals surface area contributed by atoms with Crippen LogP contribution < -0.4 is 10.0 Å². The molecule has 144 valence electrons. The molecule has 0 fully saturated rings. The van der Waals surface area contributed by atoms with Gasteiger partial charge in [0.15, 0.2) is 0 Å². The molecule has 5 nitrogen and oxygen atoms in total. The van der Waals surface area contributed by atoms with E-state index in [1.807, 2.05) is 30.3 Å². The summed E-state index contributed by atoms with van der Waals surface area (Å²) < 4.78 is 40.3. The standard InChI is InChI=1S/C21H19FN2O3S/c22-18-7-4-8-19(15-18)24-28(26,27)20-11-9-17(10-12-20)21(25)23-14-13-16-5-2-1-3-6-16/h1-12,15,24H,13-14H2,(H,23,25). The minimum Gasteiger partial charge on any atom is -0.352 e. The Bertz CT molecular complexity index is 1050. The molecule has 0 aliphatic heterocycles. The van der Waals surface area contributed by atoms with E-state index in [1.54, 1.807) is 0 Å². The first-order chi connectivity index (χ1) is 13.4. The van der Waals surface area contributed by atoms with E-state index >= 15 is 0 Å². The second-order valence-corrected chi connectivity index (χ2v) is 7.81. The van der Waals surface area contributed by atoms with Crippen molar-refractivity contribution < 1.29 is 17.6 Å². The van der Waals surface area contributed by atoms with Crippen LogP contribution in [0.3, 0.4) is 0 Å². The number of sulfonamides is 1. The molecule has 0 spiro atoms. The lowest BCUT2D eigenvalue weighted by Crippen LogP contribution is -2.25. The van der Waals surface area contributed by atoms with E-state index in [4.69, 9.17) is 0 Å². The number of hydrogen-bond donors (Lipinski definition) is 2. The second-order valence-electron chi connectivity index (χ2n) is 6.13. The lowest BCUT2D eigenvalue weighted by molar-refractivity contribution is 0.0954. The molecule has 0 aliphatic carbocycles. The first-order valence-electron chi connectivity index (χ1n) is 8.65. The highest BCUT2D eigenvalue weighted by molar-refractivity contribution is 7.92. The van der Waals surface area contributed by atoms with Crippen molar-refractivity contribution in [2.75, 3.05) is 11.3 Å². The molecular formula is C21H19FN2O3S. The van der Waals surface area contributed by atoms with Crippen LogP contribution in [0.1, 0.15) is 15.9 Å². The monoisotopic (exact) mass is 398 g/mol. The summed E-state index contributed by atoms with van der Waals surface area (Å²) in [7, 11) is -3.87. The predicted molar refractivity (Wildman–Crippen MR) is 106 cm³/mol. The predicted octanol–water partition coefficient (Wildman–Crippen LogP) is 3.60. The summed E-state index contributed by atoms with van der Waals surface area (Å²) in [6.07, 6.45) is 0.705. The highest BCUT2D eigenvalue weighted by Gasteiger charge is 2.15. The molecule has 0 atom stereocenters. The van der Waals surface area contributed by atoms with Gasteiger partial charge in [-0.05, 0) is 54.4 Å². The third-order valence-corrected chi connectivity index (χ3v) is 5.44. The van der Waals surface area contributed by atoms with Crippen LogP contribution in [-0.4, -0.2) is 20.9 Å². The van der Waals surface area contributed by atoms with Crippen LogP contribution in [0.15, 0.2) is 83.8 Å². The largest absolute Gasteiger partial charge is 0.352 e. The average Bonchev–Trinajstić information content (AvgIpc) is 2.68. The summed E-state index contributed by atoms with van der Waals surface area (Å²) in [6.45, 7) is 0.476. The lowest BCUT2D eigenvalue weighted by Gasteiger charge is -2.09. The number of hydrogen-bond acceptors (Lipinski definition) is 3. The maximum atomic E-state index is 13.2. The number of carbonyl (C=O) groups excluding carboxylic acids is 1. The van der Waals surface area contributed by atoms with E-state index < -0.39 is 15.8 Å². The lowest BCUT2D eigenvalue weighted by atomic mass is 10.1. The van der Waals surface area contributed by atoms with Crippen molar-refractivity contribution in [3.05, 3.63) is 95.8 Å². The molecular weight excluding hydrogens is 379 g/mol. The molecule has 0 saturated carbocycles. The Morgan fingerprint density at radius 1 is 0.893 bits per heavy atom. The Morgan fingerprint density at radius 2 is 1.61 bits per heavy atom. The van der Waals surface area contributed by atoms with Gasteiger partial charge in [0, 0.05) is 12.1 Å². The number of benzene rings is 3. The van der Waals surface area contributed by atoms with Crippen LogP contribution in [0.5, 0.6) is 0 Å². The van der Waals surface area contributed by atoms with Gasteiger partial charge in [-0.1, -0.05) is 36.4 Å². The zero-order valence-electron chi connectivity index (χ0n) is 14.9. The fraction of sp³-hybridized carbons (Fsp3) is 0.0952. The smallest absolute Gasteiger partial charge is 0.261 e. The molecule has 3 rings (SSSR count). The molecule has 0 bridgehead atoms. The van der Waals surface area contributed by atoms with Crippen LogP contribution in [-0.2, 0) is 16.4 Å². The van der Waals surface area contributed by atoms with E-state index in [-0.39, 0.29) is 16.5 Å². The molecule has 2 N–H and O–H groups in total. The average molecular weight is 398 g/mol. The van der Waals surface area contributed by atoms with Crippen molar-refractivity contribution in [1.29, 1.82) is 0 Å². The molecule has 0 unspecified atom stereocenters. The molecule has 1 amide bonds. The molecule has 7 heteroatoms. The third-order valence-electron chi connectivity index (χ3n) is 4.05. The summed E-state index contributed by atoms with van der Waals surface area (Å²) in [6, 6.07) is 20.5. The summed E-state index contributed by atoms with van der Waals surface area (Å²) in [5.74, 6) is -0.819. The van der Waals surface area contributed by atoms with Gasteiger partial charge >= 0.3 is 0 Å². The van der Waals surface area contributed by atoms with E-state index in [2.05, 4.69) is 10.0 Å². The summed E-state index contributed by atoms with van der Waals surface area (Å²) in [4.78, 5) is 12.2. The van der Waals surface area contributed by atoms with Crippen molar-refractivity contribution in [1.82, 2.24) is 5.32 Å². The number of anilines is 1. The summed E-state index contributed by atoms with van der Waals surface area (Å²) in [5, 5.41) is 2.81. The maximum Gasteiger partial charge on any atom is 0.261 e. The number of carbonyl (C=O) groups is 1. The van der Waals surface area contributed by atoms with Crippen molar-refractivity contribution >= 4 is 21.6 Å². The van der Waals surface area contributed by atoms with E-state index in [1.165, 1.54) is 42.5 Å². The number of amides is 1. The first-order valence-corrected chi connectivity index (χ1v) is 10.1. The normalized spacial score (nSPS) is 11.0. The van der Waals surface area contributed by atoms with Gasteiger partial charge in [0.2, 0.25) is 0 Å². The molecule has 3 aromatic carbocycles. The molecule has 0 heterocycles. The van der Waals surface area contributed by atoms with Crippen molar-refractivity contribution in [2.45, 2.75) is 11.3 Å². The Kier molecular flexibility index (Phi) is 6.06. The topological polar surface area (TPSA) is 75.3 Å². The van der Waals surface area contributed by atoms with Gasteiger partial charge in [-0.15, -0.1) is 0 Å². The second kappa shape index (κ2) is 8.67. The van der Waals surface area contributed by atoms with Crippen LogP contribution in [0, 0.1) is 5.82 Å². The van der Waals surface area contributed by atoms with Gasteiger partial charge < -0.3 is 5.32 Å². The molecule has 28 heavy (non-hydrogen) atoms. The van der Waals surface area contributed by atoms with Crippen molar-refractivity contribution in [2.24, 2.45) is 0 Å². The third kappa shape index (κ3) is 5.17. The molecule has 0 aliphatic rings. The summed E-state index contributed by atoms with van der Waals surface area (Å²) >= 11 is 0. The van der Waals surface area contributed by atoms with E-state index in [9.17, 15) is 17.6 Å². The molecule has 3 aromatic rings. The minimum atomic E-state index is -3.87. The molecule has 0 aromatic heterocycles. The van der Waals surface area contributed by atoms with E-state index in [0.29, 0.717) is 18.5 Å². The van der Waals surface area contributed by atoms with Crippen LogP contribution in [0.2, 0.25) is 0 Å². The van der Waals surface area contributed by atoms with Gasteiger partial charge in [0.1, 0.15) is 5.82 Å². The molecule has 0 saturated heterocycles. The van der Waals surface area contributed by atoms with Crippen molar-refractivity contribution in [3.8, 4) is 0 Å². The van der Waals surface area contributed by atoms with Gasteiger partial charge in [-0.3, -0.25) is 9.52 Å². The van der Waals surface area contributed by atoms with Gasteiger partial charge in [0.05, 0.1) is 10.6 Å². The number of halogens is 1. The zero-order valence-corrected chi connectivity index (χ0v) is 15.7. The van der Waals surface area contributed by atoms with Crippen LogP contribution >= 0.6 is 0 Å². The van der Waals surface area contributed by atoms with Crippen LogP contribution in [0.4, 0.5) is 10.1 Å². The van der Waals surface area contributed by atoms with Gasteiger partial charge in [0.25, 0.3) is 15.9 Å². The fourth-order valence-corrected chi connectivity index (χ4v) is 3.67. The minimum absolute atomic E-state index is 0.0161. The maximum absolute atomic E-state index is 13.2. The highest BCUT2D eigenvalue weighted by atomic mass is 32.2. The quantitative estimate of drug-likeness (QED) is 0.639. The van der Waals surface area contributed by atoms with Crippen molar-refractivity contribution in [3.63, 3.8) is 0 Å². The zero-order chi connectivity index (χ0) is 20.0. The molecule has 0 radical (unpaired) electrons. The highest BCUT2D eigenvalue weighted by Crippen LogP contribution is 2.17. The SMILES string of the molecule is O=C(NCCc1ccccc1)c1ccc(S(=O)(=O)Nc2cccc(F)c2)cc1. The number of nitrogens with one attached hydrogen (secondary N) is 2. The Hall–Kier alpha value is -3.19. The van der Waals surface area contributed by atoms with Gasteiger partial charge in [-0.2, -0.15) is 0 Å². The number of rotatable bonds is 7. The Balaban J connectivity index is 1.61. The summed E-state index contributed by atoms with van der Waals surface area (Å²) in [5.41, 5.74) is 1.60. The first kappa shape index (κ1) is 19.6. The van der Waals surface area contributed by atoms with Gasteiger partial charge in [-0.25, -0.2) is 12.8 Å². The Labute approximate surface area is 163 Å².